The summed E-state index contributed by atoms with van der Waals surface area (Å²) in [5.74, 6) is -1.67. The van der Waals surface area contributed by atoms with Crippen molar-refractivity contribution in [3.05, 3.63) is 0 Å². The quantitative estimate of drug-likeness (QED) is 0.655. The fraction of sp³-hybridized carbons (Fsp3) is 0.769. The lowest BCUT2D eigenvalue weighted by atomic mass is 10.1. The number of nitrogens with one attached hydrogen (secondary N) is 1. The number of carboxylic acids is 1. The summed E-state index contributed by atoms with van der Waals surface area (Å²) >= 11 is 0. The molecule has 1 atom stereocenters. The lowest BCUT2D eigenvalue weighted by Gasteiger charge is -2.28. The van der Waals surface area contributed by atoms with Gasteiger partial charge in [-0.05, 0) is 19.3 Å². The Balaban J connectivity index is 4.54. The lowest BCUT2D eigenvalue weighted by molar-refractivity contribution is -0.142. The Hall–Kier alpha value is -1.79. The molecule has 0 bridgehead atoms. The molecule has 0 fully saturated rings. The van der Waals surface area contributed by atoms with Gasteiger partial charge in [-0.25, -0.2) is 9.59 Å². The van der Waals surface area contributed by atoms with E-state index in [-0.39, 0.29) is 18.9 Å². The molecule has 0 radical (unpaired) electrons. The number of aliphatic carboxylic acids is 1. The first-order valence-corrected chi connectivity index (χ1v) is 6.70. The number of carbonyl (C=O) groups is 3. The lowest BCUT2D eigenvalue weighted by Crippen LogP contribution is -2.49. The van der Waals surface area contributed by atoms with Crippen LogP contribution in [0.4, 0.5) is 4.79 Å². The summed E-state index contributed by atoms with van der Waals surface area (Å²) in [5, 5.41) is 11.5. The van der Waals surface area contributed by atoms with E-state index in [2.05, 4.69) is 10.1 Å². The number of rotatable bonds is 8. The standard InChI is InChI=1S/C13H24N2O5/c1-5-9(6-2)15(3)13(19)14-10(12(17)18)7-8-11(16)20-4/h9-10H,5-8H2,1-4H3,(H,14,19)(H,17,18)/t10-/m1/s1. The Labute approximate surface area is 119 Å². The van der Waals surface area contributed by atoms with Crippen LogP contribution in [-0.4, -0.2) is 54.2 Å². The Kier molecular flexibility index (Phi) is 8.35. The van der Waals surface area contributed by atoms with Gasteiger partial charge in [-0.3, -0.25) is 4.79 Å². The maximum Gasteiger partial charge on any atom is 0.326 e. The van der Waals surface area contributed by atoms with Crippen LogP contribution in [0.15, 0.2) is 0 Å². The van der Waals surface area contributed by atoms with Crippen molar-refractivity contribution in [1.82, 2.24) is 10.2 Å². The predicted molar refractivity (Wildman–Crippen MR) is 73.3 cm³/mol. The van der Waals surface area contributed by atoms with Gasteiger partial charge in [-0.2, -0.15) is 0 Å². The minimum absolute atomic E-state index is 0.00447. The van der Waals surface area contributed by atoms with Crippen LogP contribution in [0.2, 0.25) is 0 Å². The highest BCUT2D eigenvalue weighted by molar-refractivity contribution is 5.83. The van der Waals surface area contributed by atoms with E-state index in [1.54, 1.807) is 7.05 Å². The van der Waals surface area contributed by atoms with Gasteiger partial charge >= 0.3 is 18.0 Å². The van der Waals surface area contributed by atoms with Crippen molar-refractivity contribution in [2.45, 2.75) is 51.6 Å². The van der Waals surface area contributed by atoms with Gasteiger partial charge in [-0.1, -0.05) is 13.8 Å². The fourth-order valence-corrected chi connectivity index (χ4v) is 1.87. The molecule has 7 heteroatoms. The molecule has 0 unspecified atom stereocenters. The first-order chi connectivity index (χ1) is 9.37. The second kappa shape index (κ2) is 9.17. The van der Waals surface area contributed by atoms with E-state index >= 15 is 0 Å². The molecule has 0 aromatic rings. The van der Waals surface area contributed by atoms with Crippen LogP contribution in [-0.2, 0) is 14.3 Å². The summed E-state index contributed by atoms with van der Waals surface area (Å²) in [6.07, 6.45) is 1.54. The molecule has 20 heavy (non-hydrogen) atoms. The topological polar surface area (TPSA) is 95.9 Å². The summed E-state index contributed by atoms with van der Waals surface area (Å²) in [7, 11) is 2.86. The molecular formula is C13H24N2O5. The molecule has 116 valence electrons. The third-order valence-corrected chi connectivity index (χ3v) is 3.27. The predicted octanol–water partition coefficient (Wildman–Crippen LogP) is 1.22. The number of carboxylic acid groups (broad SMARTS) is 1. The van der Waals surface area contributed by atoms with Gasteiger partial charge in [0.1, 0.15) is 6.04 Å². The molecular weight excluding hydrogens is 264 g/mol. The number of carbonyl (C=O) groups excluding carboxylic acids is 2. The van der Waals surface area contributed by atoms with Gasteiger partial charge in [0.25, 0.3) is 0 Å². The highest BCUT2D eigenvalue weighted by Crippen LogP contribution is 2.07. The molecule has 0 aliphatic rings. The summed E-state index contributed by atoms with van der Waals surface area (Å²) in [5.41, 5.74) is 0. The van der Waals surface area contributed by atoms with Crippen LogP contribution in [0, 0.1) is 0 Å². The van der Waals surface area contributed by atoms with Crippen LogP contribution in [0.1, 0.15) is 39.5 Å². The molecule has 0 rings (SSSR count). The molecule has 2 amide bonds. The number of ether oxygens (including phenoxy) is 1. The van der Waals surface area contributed by atoms with E-state index in [1.165, 1.54) is 12.0 Å². The maximum absolute atomic E-state index is 12.0. The van der Waals surface area contributed by atoms with Gasteiger partial charge in [-0.15, -0.1) is 0 Å². The molecule has 0 aromatic heterocycles. The third-order valence-electron chi connectivity index (χ3n) is 3.27. The van der Waals surface area contributed by atoms with Crippen molar-refractivity contribution in [3.63, 3.8) is 0 Å². The highest BCUT2D eigenvalue weighted by Gasteiger charge is 2.24. The minimum Gasteiger partial charge on any atom is -0.480 e. The molecule has 0 aliphatic heterocycles. The summed E-state index contributed by atoms with van der Waals surface area (Å²) in [6, 6.07) is -1.49. The zero-order valence-electron chi connectivity index (χ0n) is 12.5. The van der Waals surface area contributed by atoms with Crippen LogP contribution in [0.5, 0.6) is 0 Å². The number of hydrogen-bond donors (Lipinski definition) is 2. The molecule has 2 N–H and O–H groups in total. The van der Waals surface area contributed by atoms with Crippen molar-refractivity contribution >= 4 is 18.0 Å². The van der Waals surface area contributed by atoms with E-state index < -0.39 is 24.0 Å². The zero-order chi connectivity index (χ0) is 15.7. The van der Waals surface area contributed by atoms with Crippen LogP contribution in [0.25, 0.3) is 0 Å². The molecule has 0 heterocycles. The number of nitrogens with zero attached hydrogens (tertiary/aromatic N) is 1. The van der Waals surface area contributed by atoms with Crippen LogP contribution < -0.4 is 5.32 Å². The summed E-state index contributed by atoms with van der Waals surface area (Å²) in [6.45, 7) is 3.92. The number of hydrogen-bond acceptors (Lipinski definition) is 4. The van der Waals surface area contributed by atoms with Crippen LogP contribution >= 0.6 is 0 Å². The number of methoxy groups -OCH3 is 1. The maximum atomic E-state index is 12.0. The van der Waals surface area contributed by atoms with Crippen molar-refractivity contribution in [1.29, 1.82) is 0 Å². The van der Waals surface area contributed by atoms with Crippen molar-refractivity contribution < 1.29 is 24.2 Å². The Morgan fingerprint density at radius 1 is 1.25 bits per heavy atom. The normalized spacial score (nSPS) is 11.8. The van der Waals surface area contributed by atoms with E-state index in [4.69, 9.17) is 5.11 Å². The summed E-state index contributed by atoms with van der Waals surface area (Å²) in [4.78, 5) is 35.6. The SMILES string of the molecule is CCC(CC)N(C)C(=O)N[C@H](CCC(=O)OC)C(=O)O. The van der Waals surface area contributed by atoms with Crippen molar-refractivity contribution in [3.8, 4) is 0 Å². The fourth-order valence-electron chi connectivity index (χ4n) is 1.87. The van der Waals surface area contributed by atoms with E-state index in [1.807, 2.05) is 13.8 Å². The first kappa shape index (κ1) is 18.2. The molecule has 0 aliphatic carbocycles. The monoisotopic (exact) mass is 288 g/mol. The van der Waals surface area contributed by atoms with E-state index in [0.29, 0.717) is 0 Å². The Bertz CT molecular complexity index is 342. The van der Waals surface area contributed by atoms with E-state index in [0.717, 1.165) is 12.8 Å². The molecule has 0 aromatic carbocycles. The van der Waals surface area contributed by atoms with Gasteiger partial charge in [0, 0.05) is 19.5 Å². The molecule has 0 saturated carbocycles. The average molecular weight is 288 g/mol. The second-order valence-corrected chi connectivity index (χ2v) is 4.54. The minimum atomic E-state index is -1.17. The smallest absolute Gasteiger partial charge is 0.326 e. The number of esters is 1. The largest absolute Gasteiger partial charge is 0.480 e. The second-order valence-electron chi connectivity index (χ2n) is 4.54. The van der Waals surface area contributed by atoms with Gasteiger partial charge in [0.05, 0.1) is 7.11 Å². The van der Waals surface area contributed by atoms with Crippen molar-refractivity contribution in [2.75, 3.05) is 14.2 Å². The summed E-state index contributed by atoms with van der Waals surface area (Å²) < 4.78 is 4.45. The van der Waals surface area contributed by atoms with Gasteiger partial charge in [0.2, 0.25) is 0 Å². The highest BCUT2D eigenvalue weighted by atomic mass is 16.5. The number of urea groups is 1. The average Bonchev–Trinajstić information content (AvgIpc) is 2.43. The third kappa shape index (κ3) is 5.90. The zero-order valence-corrected chi connectivity index (χ0v) is 12.5. The Morgan fingerprint density at radius 3 is 2.20 bits per heavy atom. The first-order valence-electron chi connectivity index (χ1n) is 6.70. The van der Waals surface area contributed by atoms with Gasteiger partial charge < -0.3 is 20.1 Å². The molecule has 7 nitrogen and oxygen atoms in total. The van der Waals surface area contributed by atoms with Crippen LogP contribution in [0.3, 0.4) is 0 Å². The van der Waals surface area contributed by atoms with Gasteiger partial charge in [0.15, 0.2) is 0 Å². The molecule has 0 spiro atoms. The molecule has 0 saturated heterocycles. The number of amides is 2. The van der Waals surface area contributed by atoms with Crippen molar-refractivity contribution in [2.24, 2.45) is 0 Å². The Morgan fingerprint density at radius 2 is 1.80 bits per heavy atom. The van der Waals surface area contributed by atoms with E-state index in [9.17, 15) is 14.4 Å².